The van der Waals surface area contributed by atoms with Crippen molar-refractivity contribution in [1.29, 1.82) is 5.41 Å². The van der Waals surface area contributed by atoms with E-state index in [1.807, 2.05) is 30.7 Å². The lowest BCUT2D eigenvalue weighted by Gasteiger charge is -2.36. The summed E-state index contributed by atoms with van der Waals surface area (Å²) in [7, 11) is 0. The number of benzene rings is 1. The second kappa shape index (κ2) is 10.2. The number of carbonyl (C=O) groups excluding carboxylic acids is 4. The molecule has 11 nitrogen and oxygen atoms in total. The van der Waals surface area contributed by atoms with Gasteiger partial charge in [0.05, 0.1) is 16.8 Å². The molecule has 0 spiro atoms. The van der Waals surface area contributed by atoms with Crippen molar-refractivity contribution >= 4 is 51.5 Å². The van der Waals surface area contributed by atoms with Crippen molar-refractivity contribution in [2.24, 2.45) is 11.8 Å². The third kappa shape index (κ3) is 4.74. The predicted molar refractivity (Wildman–Crippen MR) is 156 cm³/mol. The smallest absolute Gasteiger partial charge is 0.262 e. The lowest BCUT2D eigenvalue weighted by molar-refractivity contribution is -0.136. The normalized spacial score (nSPS) is 24.0. The first kappa shape index (κ1) is 26.1. The highest BCUT2D eigenvalue weighted by atomic mass is 16.2. The fourth-order valence-electron chi connectivity index (χ4n) is 6.06. The summed E-state index contributed by atoms with van der Waals surface area (Å²) in [6.07, 6.45) is 9.94. The monoisotopic (exact) mass is 565 g/mol. The van der Waals surface area contributed by atoms with Crippen LogP contribution in [-0.4, -0.2) is 62.8 Å². The summed E-state index contributed by atoms with van der Waals surface area (Å²) in [5, 5.41) is 18.9. The molecule has 2 saturated carbocycles. The van der Waals surface area contributed by atoms with Crippen molar-refractivity contribution in [3.63, 3.8) is 0 Å². The maximum atomic E-state index is 13.1. The zero-order valence-electron chi connectivity index (χ0n) is 22.9. The minimum Gasteiger partial charge on any atom is -0.388 e. The van der Waals surface area contributed by atoms with Gasteiger partial charge in [-0.3, -0.25) is 34.4 Å². The topological polar surface area (TPSA) is 160 Å². The zero-order valence-corrected chi connectivity index (χ0v) is 22.9. The van der Waals surface area contributed by atoms with Crippen molar-refractivity contribution < 1.29 is 19.2 Å². The number of fused-ring (bicyclic) bond motifs is 2. The maximum absolute atomic E-state index is 13.1. The van der Waals surface area contributed by atoms with Gasteiger partial charge in [-0.1, -0.05) is 0 Å². The van der Waals surface area contributed by atoms with E-state index >= 15 is 0 Å². The Hall–Kier alpha value is -4.80. The fourth-order valence-corrected chi connectivity index (χ4v) is 6.06. The summed E-state index contributed by atoms with van der Waals surface area (Å²) in [4.78, 5) is 58.6. The van der Waals surface area contributed by atoms with Gasteiger partial charge in [-0.25, -0.2) is 0 Å². The van der Waals surface area contributed by atoms with Gasteiger partial charge in [0.1, 0.15) is 6.04 Å². The van der Waals surface area contributed by atoms with Gasteiger partial charge in [0, 0.05) is 71.4 Å². The van der Waals surface area contributed by atoms with E-state index in [0.717, 1.165) is 65.0 Å². The van der Waals surface area contributed by atoms with Crippen LogP contribution in [-0.2, 0) is 9.59 Å². The Labute approximate surface area is 241 Å². The van der Waals surface area contributed by atoms with Crippen LogP contribution in [0.4, 0.5) is 5.69 Å². The number of carbonyl (C=O) groups is 4. The van der Waals surface area contributed by atoms with E-state index < -0.39 is 29.7 Å². The molecule has 7 rings (SSSR count). The largest absolute Gasteiger partial charge is 0.388 e. The van der Waals surface area contributed by atoms with Gasteiger partial charge in [0.25, 0.3) is 11.8 Å². The van der Waals surface area contributed by atoms with Gasteiger partial charge in [-0.15, -0.1) is 0 Å². The number of pyridine rings is 1. The molecule has 1 unspecified atom stereocenters. The number of piperidine rings is 1. The van der Waals surface area contributed by atoms with Crippen molar-refractivity contribution in [1.82, 2.24) is 25.5 Å². The summed E-state index contributed by atoms with van der Waals surface area (Å²) in [5.41, 5.74) is 4.57. The quantitative estimate of drug-likeness (QED) is 0.197. The molecule has 3 fully saturated rings. The molecule has 4 amide bonds. The van der Waals surface area contributed by atoms with Gasteiger partial charge < -0.3 is 21.0 Å². The number of imide groups is 2. The van der Waals surface area contributed by atoms with E-state index in [-0.39, 0.29) is 24.0 Å². The highest BCUT2D eigenvalue weighted by Crippen LogP contribution is 2.36. The van der Waals surface area contributed by atoms with Crippen molar-refractivity contribution in [2.75, 3.05) is 11.9 Å². The van der Waals surface area contributed by atoms with Crippen LogP contribution in [0, 0.1) is 17.2 Å². The Morgan fingerprint density at radius 1 is 1.05 bits per heavy atom. The van der Waals surface area contributed by atoms with Crippen LogP contribution in [0.3, 0.4) is 0 Å². The third-order valence-electron chi connectivity index (χ3n) is 8.72. The van der Waals surface area contributed by atoms with Gasteiger partial charge in [-0.2, -0.15) is 0 Å². The van der Waals surface area contributed by atoms with Crippen LogP contribution in [0.1, 0.15) is 64.9 Å². The Kier molecular flexibility index (Phi) is 6.37. The number of nitrogens with one attached hydrogen (secondary N) is 5. The molecule has 0 radical (unpaired) electrons. The van der Waals surface area contributed by atoms with Crippen molar-refractivity contribution in [3.05, 3.63) is 65.7 Å². The summed E-state index contributed by atoms with van der Waals surface area (Å²) >= 11 is 0. The number of nitrogens with zero attached hydrogens (tertiary/aromatic N) is 2. The highest BCUT2D eigenvalue weighted by molar-refractivity contribution is 6.24. The lowest BCUT2D eigenvalue weighted by Crippen LogP contribution is -2.54. The molecule has 42 heavy (non-hydrogen) atoms. The first-order valence-electron chi connectivity index (χ1n) is 14.4. The number of hydrogen-bond donors (Lipinski definition) is 5. The molecular weight excluding hydrogens is 534 g/mol. The van der Waals surface area contributed by atoms with E-state index in [9.17, 15) is 19.2 Å². The number of aromatic nitrogens is 2. The second-order valence-corrected chi connectivity index (χ2v) is 11.7. The van der Waals surface area contributed by atoms with Gasteiger partial charge >= 0.3 is 0 Å². The average molecular weight is 566 g/mol. The molecule has 3 aromatic rings. The number of rotatable bonds is 9. The first-order chi connectivity index (χ1) is 20.4. The van der Waals surface area contributed by atoms with Crippen LogP contribution >= 0.6 is 0 Å². The molecule has 4 aliphatic rings. The van der Waals surface area contributed by atoms with E-state index in [1.54, 1.807) is 18.2 Å². The first-order valence-corrected chi connectivity index (χ1v) is 14.4. The molecule has 214 valence electrons. The fraction of sp³-hybridized carbons (Fsp3) is 0.355. The number of hydrogen-bond acceptors (Lipinski definition) is 8. The van der Waals surface area contributed by atoms with Gasteiger partial charge in [-0.05, 0) is 68.4 Å². The zero-order chi connectivity index (χ0) is 29.0. The van der Waals surface area contributed by atoms with Crippen LogP contribution in [0.25, 0.3) is 16.5 Å². The minimum absolute atomic E-state index is 0.0914. The van der Waals surface area contributed by atoms with E-state index in [4.69, 9.17) is 5.41 Å². The molecule has 4 heterocycles. The van der Waals surface area contributed by atoms with E-state index in [0.29, 0.717) is 23.6 Å². The number of aromatic amines is 1. The molecule has 1 aromatic carbocycles. The molecular formula is C31H31N7O4. The van der Waals surface area contributed by atoms with Crippen LogP contribution in [0.15, 0.2) is 48.9 Å². The number of anilines is 1. The molecule has 5 N–H and O–H groups in total. The number of H-pyrrole nitrogens is 1. The summed E-state index contributed by atoms with van der Waals surface area (Å²) in [6.45, 7) is 0.718. The number of allylic oxidation sites excluding steroid dienone is 1. The molecule has 2 aliphatic heterocycles. The Morgan fingerprint density at radius 3 is 2.64 bits per heavy atom. The number of amides is 4. The Bertz CT molecular complexity index is 1680. The molecule has 0 bridgehead atoms. The minimum atomic E-state index is -0.972. The van der Waals surface area contributed by atoms with Crippen LogP contribution in [0.2, 0.25) is 0 Å². The summed E-state index contributed by atoms with van der Waals surface area (Å²) < 4.78 is 0. The van der Waals surface area contributed by atoms with E-state index in [1.165, 1.54) is 0 Å². The molecule has 2 aromatic heterocycles. The van der Waals surface area contributed by atoms with Gasteiger partial charge in [0.2, 0.25) is 11.8 Å². The van der Waals surface area contributed by atoms with Crippen LogP contribution in [0.5, 0.6) is 0 Å². The highest BCUT2D eigenvalue weighted by Gasteiger charge is 2.44. The molecule has 1 atom stereocenters. The predicted octanol–water partition coefficient (Wildman–Crippen LogP) is 3.22. The average Bonchev–Trinajstić information content (AvgIpc) is 3.66. The Morgan fingerprint density at radius 2 is 1.86 bits per heavy atom. The molecule has 1 saturated heterocycles. The summed E-state index contributed by atoms with van der Waals surface area (Å²) in [5.74, 6) is -1.28. The van der Waals surface area contributed by atoms with Crippen molar-refractivity contribution in [2.45, 2.75) is 50.6 Å². The molecule has 11 heteroatoms. The summed E-state index contributed by atoms with van der Waals surface area (Å²) in [6, 6.07) is 8.39. The lowest BCUT2D eigenvalue weighted by atomic mass is 9.80. The van der Waals surface area contributed by atoms with Crippen molar-refractivity contribution in [3.8, 4) is 0 Å². The standard InChI is InChI=1S/C31H31N7O4/c32-28(17-1-2-17)23(25-12-24-18(14-36-25)7-8-33-24)15-35-20-9-16(10-20)13-34-19-3-4-21-22(11-19)31(42)38(30(21)41)26-5-6-27(39)37-29(26)40/h3-4,7-8,11-12,14-17,20,26,32-35H,1-2,5-6,9-10,13H2,(H,37,39,40)/b23-15-,32-28?. The van der Waals surface area contributed by atoms with E-state index in [2.05, 4.69) is 25.9 Å². The second-order valence-electron chi connectivity index (χ2n) is 11.7. The molecule has 2 aliphatic carbocycles. The Balaban J connectivity index is 0.954. The van der Waals surface area contributed by atoms with Gasteiger partial charge in [0.15, 0.2) is 0 Å². The van der Waals surface area contributed by atoms with Crippen LogP contribution < -0.4 is 16.0 Å². The maximum Gasteiger partial charge on any atom is 0.262 e. The third-order valence-corrected chi connectivity index (χ3v) is 8.72. The SMILES string of the molecule is N=C(/C(=C\NC1CC(CNc2ccc3c(c2)C(=O)N(C2CCC(=O)NC2=O)C3=O)C1)c1cc2[nH]ccc2cn1)C1CC1.